The molecule has 1 nitrogen and oxygen atoms in total. The van der Waals surface area contributed by atoms with Crippen molar-refractivity contribution in [2.45, 2.75) is 32.2 Å². The van der Waals surface area contributed by atoms with Crippen LogP contribution in [0.15, 0.2) is 42.5 Å². The van der Waals surface area contributed by atoms with Gasteiger partial charge in [-0.05, 0) is 35.7 Å². The van der Waals surface area contributed by atoms with Crippen LogP contribution in [-0.2, 0) is 6.42 Å². The molecule has 1 N–H and O–H groups in total. The minimum atomic E-state index is 0.465. The lowest BCUT2D eigenvalue weighted by Gasteiger charge is -2.18. The lowest BCUT2D eigenvalue weighted by Crippen LogP contribution is -2.30. The van der Waals surface area contributed by atoms with Crippen molar-refractivity contribution in [1.29, 1.82) is 0 Å². The van der Waals surface area contributed by atoms with E-state index in [0.717, 1.165) is 25.8 Å². The molecule has 0 saturated heterocycles. The van der Waals surface area contributed by atoms with E-state index in [0.29, 0.717) is 6.04 Å². The molecule has 0 spiro atoms. The highest BCUT2D eigenvalue weighted by Crippen LogP contribution is 2.20. The van der Waals surface area contributed by atoms with E-state index in [1.165, 1.54) is 16.3 Å². The minimum Gasteiger partial charge on any atom is -0.314 e. The highest BCUT2D eigenvalue weighted by atomic mass is 14.9. The van der Waals surface area contributed by atoms with E-state index >= 15 is 0 Å². The molecule has 0 aliphatic rings. The van der Waals surface area contributed by atoms with Gasteiger partial charge in [-0.1, -0.05) is 49.4 Å². The van der Waals surface area contributed by atoms with Crippen molar-refractivity contribution >= 4 is 10.8 Å². The third-order valence-electron chi connectivity index (χ3n) is 3.48. The zero-order valence-electron chi connectivity index (χ0n) is 11.5. The van der Waals surface area contributed by atoms with E-state index < -0.39 is 0 Å². The second kappa shape index (κ2) is 6.97. The molecule has 2 rings (SSSR count). The summed E-state index contributed by atoms with van der Waals surface area (Å²) in [6.07, 6.45) is 8.29. The van der Waals surface area contributed by atoms with Crippen LogP contribution < -0.4 is 5.32 Å². The highest BCUT2D eigenvalue weighted by Gasteiger charge is 2.09. The quantitative estimate of drug-likeness (QED) is 0.771. The summed E-state index contributed by atoms with van der Waals surface area (Å²) in [5.41, 5.74) is 1.40. The van der Waals surface area contributed by atoms with Gasteiger partial charge in [-0.3, -0.25) is 0 Å². The molecule has 0 amide bonds. The third-order valence-corrected chi connectivity index (χ3v) is 3.48. The highest BCUT2D eigenvalue weighted by molar-refractivity contribution is 5.85. The summed E-state index contributed by atoms with van der Waals surface area (Å²) < 4.78 is 0. The topological polar surface area (TPSA) is 12.0 Å². The zero-order chi connectivity index (χ0) is 13.5. The van der Waals surface area contributed by atoms with Gasteiger partial charge in [0.15, 0.2) is 0 Å². The van der Waals surface area contributed by atoms with Crippen molar-refractivity contribution in [3.05, 3.63) is 48.0 Å². The van der Waals surface area contributed by atoms with Crippen LogP contribution in [-0.4, -0.2) is 12.6 Å². The molecule has 0 radical (unpaired) electrons. The van der Waals surface area contributed by atoms with E-state index in [1.807, 2.05) is 0 Å². The molecule has 0 bridgehead atoms. The summed E-state index contributed by atoms with van der Waals surface area (Å²) in [6.45, 7) is 3.13. The Morgan fingerprint density at radius 3 is 2.74 bits per heavy atom. The number of hydrogen-bond donors (Lipinski definition) is 1. The van der Waals surface area contributed by atoms with Crippen LogP contribution in [0.1, 0.15) is 25.3 Å². The molecule has 2 aromatic rings. The number of fused-ring (bicyclic) bond motifs is 1. The largest absolute Gasteiger partial charge is 0.314 e. The third kappa shape index (κ3) is 3.59. The van der Waals surface area contributed by atoms with Gasteiger partial charge in [-0.2, -0.15) is 0 Å². The lowest BCUT2D eigenvalue weighted by molar-refractivity contribution is 0.498. The van der Waals surface area contributed by atoms with Gasteiger partial charge >= 0.3 is 0 Å². The number of likely N-dealkylation sites (N-methyl/N-ethyl adjacent to an activating group) is 1. The molecule has 19 heavy (non-hydrogen) atoms. The first-order chi connectivity index (χ1) is 9.35. The number of nitrogens with one attached hydrogen (secondary N) is 1. The molecule has 2 aromatic carbocycles. The van der Waals surface area contributed by atoms with Crippen molar-refractivity contribution in [1.82, 2.24) is 5.32 Å². The molecule has 0 aliphatic carbocycles. The molecular formula is C18H21N. The molecular weight excluding hydrogens is 230 g/mol. The first-order valence-electron chi connectivity index (χ1n) is 6.98. The summed E-state index contributed by atoms with van der Waals surface area (Å²) in [4.78, 5) is 0. The predicted octanol–water partition coefficient (Wildman–Crippen LogP) is 3.77. The molecule has 1 unspecified atom stereocenters. The van der Waals surface area contributed by atoms with Gasteiger partial charge in [-0.25, -0.2) is 0 Å². The van der Waals surface area contributed by atoms with Crippen molar-refractivity contribution in [2.75, 3.05) is 6.54 Å². The number of benzene rings is 2. The smallest absolute Gasteiger partial charge is 0.0117 e. The Kier molecular flexibility index (Phi) is 5.01. The van der Waals surface area contributed by atoms with Crippen LogP contribution in [0, 0.1) is 12.3 Å². The molecule has 98 valence electrons. The van der Waals surface area contributed by atoms with Gasteiger partial charge in [0, 0.05) is 12.5 Å². The van der Waals surface area contributed by atoms with E-state index in [2.05, 4.69) is 60.6 Å². The molecule has 0 heterocycles. The summed E-state index contributed by atoms with van der Waals surface area (Å²) in [5.74, 6) is 2.74. The molecule has 0 saturated carbocycles. The molecule has 0 fully saturated rings. The monoisotopic (exact) mass is 251 g/mol. The number of rotatable bonds is 6. The van der Waals surface area contributed by atoms with Gasteiger partial charge in [0.2, 0.25) is 0 Å². The van der Waals surface area contributed by atoms with Crippen LogP contribution in [0.4, 0.5) is 0 Å². The molecule has 0 aliphatic heterocycles. The lowest BCUT2D eigenvalue weighted by atomic mass is 9.96. The van der Waals surface area contributed by atoms with Gasteiger partial charge in [0.1, 0.15) is 0 Å². The molecule has 1 atom stereocenters. The Bertz CT molecular complexity index is 560. The summed E-state index contributed by atoms with van der Waals surface area (Å²) in [5, 5.41) is 6.20. The van der Waals surface area contributed by atoms with Crippen LogP contribution in [0.5, 0.6) is 0 Å². The maximum atomic E-state index is 5.38. The van der Waals surface area contributed by atoms with E-state index in [9.17, 15) is 0 Å². The Morgan fingerprint density at radius 1 is 1.16 bits per heavy atom. The zero-order valence-corrected chi connectivity index (χ0v) is 11.5. The van der Waals surface area contributed by atoms with Crippen LogP contribution in [0.2, 0.25) is 0 Å². The number of hydrogen-bond acceptors (Lipinski definition) is 1. The number of terminal acetylenes is 1. The summed E-state index contributed by atoms with van der Waals surface area (Å²) >= 11 is 0. The summed E-state index contributed by atoms with van der Waals surface area (Å²) in [6, 6.07) is 15.6. The van der Waals surface area contributed by atoms with Crippen molar-refractivity contribution in [2.24, 2.45) is 0 Å². The molecule has 1 heteroatoms. The Hall–Kier alpha value is -1.78. The Labute approximate surface area is 116 Å². The normalized spacial score (nSPS) is 12.2. The first kappa shape index (κ1) is 13.6. The average Bonchev–Trinajstić information content (AvgIpc) is 2.45. The van der Waals surface area contributed by atoms with E-state index in [1.54, 1.807) is 0 Å². The maximum absolute atomic E-state index is 5.38. The van der Waals surface area contributed by atoms with Gasteiger partial charge < -0.3 is 5.32 Å². The van der Waals surface area contributed by atoms with Crippen LogP contribution >= 0.6 is 0 Å². The van der Waals surface area contributed by atoms with Crippen molar-refractivity contribution in [3.8, 4) is 12.3 Å². The standard InChI is InChI=1S/C18H21N/c1-3-5-12-17(19-4-2)14-16-11-8-10-15-9-6-7-13-18(15)16/h1,6-11,13,17,19H,4-5,12,14H2,2H3. The fourth-order valence-electron chi connectivity index (χ4n) is 2.56. The fourth-order valence-corrected chi connectivity index (χ4v) is 2.56. The summed E-state index contributed by atoms with van der Waals surface area (Å²) in [7, 11) is 0. The minimum absolute atomic E-state index is 0.465. The van der Waals surface area contributed by atoms with Crippen molar-refractivity contribution in [3.63, 3.8) is 0 Å². The van der Waals surface area contributed by atoms with Gasteiger partial charge in [0.25, 0.3) is 0 Å². The van der Waals surface area contributed by atoms with Gasteiger partial charge in [-0.15, -0.1) is 12.3 Å². The first-order valence-corrected chi connectivity index (χ1v) is 6.98. The van der Waals surface area contributed by atoms with E-state index in [4.69, 9.17) is 6.42 Å². The van der Waals surface area contributed by atoms with Crippen LogP contribution in [0.3, 0.4) is 0 Å². The second-order valence-electron chi connectivity index (χ2n) is 4.84. The van der Waals surface area contributed by atoms with E-state index in [-0.39, 0.29) is 0 Å². The molecule has 0 aromatic heterocycles. The second-order valence-corrected chi connectivity index (χ2v) is 4.84. The Balaban J connectivity index is 2.21. The fraction of sp³-hybridized carbons (Fsp3) is 0.333. The average molecular weight is 251 g/mol. The van der Waals surface area contributed by atoms with Crippen LogP contribution in [0.25, 0.3) is 10.8 Å². The predicted molar refractivity (Wildman–Crippen MR) is 83.2 cm³/mol. The maximum Gasteiger partial charge on any atom is 0.0117 e. The van der Waals surface area contributed by atoms with Gasteiger partial charge in [0.05, 0.1) is 0 Å². The SMILES string of the molecule is C#CCCC(Cc1cccc2ccccc12)NCC. The Morgan fingerprint density at radius 2 is 1.95 bits per heavy atom. The van der Waals surface area contributed by atoms with Crippen molar-refractivity contribution < 1.29 is 0 Å².